The second kappa shape index (κ2) is 5.68. The SMILES string of the molecule is COC(=O)Cc1cccc(N2CCNCC2)c1. The predicted octanol–water partition coefficient (Wildman–Crippen LogP) is 0.812. The Morgan fingerprint density at radius 3 is 2.88 bits per heavy atom. The number of ether oxygens (including phenoxy) is 1. The Hall–Kier alpha value is -1.55. The van der Waals surface area contributed by atoms with E-state index in [1.165, 1.54) is 12.8 Å². The molecule has 0 aromatic heterocycles. The van der Waals surface area contributed by atoms with Crippen molar-refractivity contribution >= 4 is 11.7 Å². The van der Waals surface area contributed by atoms with Gasteiger partial charge in [-0.1, -0.05) is 12.1 Å². The lowest BCUT2D eigenvalue weighted by atomic mass is 10.1. The number of hydrogen-bond acceptors (Lipinski definition) is 4. The van der Waals surface area contributed by atoms with Gasteiger partial charge < -0.3 is 15.0 Å². The zero-order chi connectivity index (χ0) is 12.1. The van der Waals surface area contributed by atoms with E-state index in [1.54, 1.807) is 0 Å². The van der Waals surface area contributed by atoms with E-state index in [2.05, 4.69) is 27.1 Å². The van der Waals surface area contributed by atoms with E-state index in [-0.39, 0.29) is 5.97 Å². The van der Waals surface area contributed by atoms with E-state index in [0.717, 1.165) is 31.7 Å². The molecule has 17 heavy (non-hydrogen) atoms. The van der Waals surface area contributed by atoms with Gasteiger partial charge in [0.05, 0.1) is 13.5 Å². The van der Waals surface area contributed by atoms with Gasteiger partial charge in [0, 0.05) is 31.9 Å². The summed E-state index contributed by atoms with van der Waals surface area (Å²) >= 11 is 0. The normalized spacial score (nSPS) is 15.7. The Morgan fingerprint density at radius 2 is 2.18 bits per heavy atom. The Labute approximate surface area is 102 Å². The fourth-order valence-electron chi connectivity index (χ4n) is 2.02. The van der Waals surface area contributed by atoms with Crippen LogP contribution < -0.4 is 10.2 Å². The average molecular weight is 234 g/mol. The number of piperazine rings is 1. The summed E-state index contributed by atoms with van der Waals surface area (Å²) < 4.78 is 4.68. The highest BCUT2D eigenvalue weighted by atomic mass is 16.5. The molecule has 0 unspecified atom stereocenters. The summed E-state index contributed by atoms with van der Waals surface area (Å²) in [5, 5.41) is 3.32. The molecule has 4 heteroatoms. The second-order valence-electron chi connectivity index (χ2n) is 4.16. The van der Waals surface area contributed by atoms with Crippen molar-refractivity contribution < 1.29 is 9.53 Å². The van der Waals surface area contributed by atoms with E-state index in [9.17, 15) is 4.79 Å². The van der Waals surface area contributed by atoms with Gasteiger partial charge in [0.1, 0.15) is 0 Å². The predicted molar refractivity (Wildman–Crippen MR) is 67.2 cm³/mol. The van der Waals surface area contributed by atoms with Gasteiger partial charge in [-0.25, -0.2) is 0 Å². The number of carbonyl (C=O) groups excluding carboxylic acids is 1. The molecule has 0 aliphatic carbocycles. The summed E-state index contributed by atoms with van der Waals surface area (Å²) in [7, 11) is 1.42. The zero-order valence-corrected chi connectivity index (χ0v) is 10.1. The number of esters is 1. The average Bonchev–Trinajstić information content (AvgIpc) is 2.40. The quantitative estimate of drug-likeness (QED) is 0.786. The molecule has 0 radical (unpaired) electrons. The number of anilines is 1. The van der Waals surface area contributed by atoms with Crippen LogP contribution in [0.15, 0.2) is 24.3 Å². The number of rotatable bonds is 3. The maximum atomic E-state index is 11.2. The molecule has 0 bridgehead atoms. The van der Waals surface area contributed by atoms with Crippen LogP contribution in [0.5, 0.6) is 0 Å². The van der Waals surface area contributed by atoms with Crippen LogP contribution in [0.1, 0.15) is 5.56 Å². The lowest BCUT2D eigenvalue weighted by Gasteiger charge is -2.29. The third-order valence-electron chi connectivity index (χ3n) is 2.97. The fourth-order valence-corrected chi connectivity index (χ4v) is 2.02. The Bertz CT molecular complexity index is 387. The highest BCUT2D eigenvalue weighted by Crippen LogP contribution is 2.17. The number of methoxy groups -OCH3 is 1. The van der Waals surface area contributed by atoms with Crippen LogP contribution in [0.4, 0.5) is 5.69 Å². The highest BCUT2D eigenvalue weighted by Gasteiger charge is 2.11. The minimum absolute atomic E-state index is 0.192. The van der Waals surface area contributed by atoms with Crippen LogP contribution in [0.25, 0.3) is 0 Å². The molecule has 1 heterocycles. The molecule has 0 spiro atoms. The van der Waals surface area contributed by atoms with Gasteiger partial charge in [-0.2, -0.15) is 0 Å². The smallest absolute Gasteiger partial charge is 0.309 e. The first-order valence-electron chi connectivity index (χ1n) is 5.91. The summed E-state index contributed by atoms with van der Waals surface area (Å²) in [6, 6.07) is 8.12. The maximum Gasteiger partial charge on any atom is 0.309 e. The molecule has 1 aromatic rings. The van der Waals surface area contributed by atoms with Crippen molar-refractivity contribution in [3.05, 3.63) is 29.8 Å². The van der Waals surface area contributed by atoms with E-state index in [4.69, 9.17) is 0 Å². The Kier molecular flexibility index (Phi) is 3.98. The van der Waals surface area contributed by atoms with Crippen molar-refractivity contribution in [2.45, 2.75) is 6.42 Å². The molecule has 0 saturated carbocycles. The van der Waals surface area contributed by atoms with Crippen LogP contribution in [0, 0.1) is 0 Å². The first kappa shape index (κ1) is 11.9. The lowest BCUT2D eigenvalue weighted by molar-refractivity contribution is -0.139. The van der Waals surface area contributed by atoms with Crippen LogP contribution >= 0.6 is 0 Å². The standard InChI is InChI=1S/C13H18N2O2/c1-17-13(16)10-11-3-2-4-12(9-11)15-7-5-14-6-8-15/h2-4,9,14H,5-8,10H2,1H3. The van der Waals surface area contributed by atoms with E-state index >= 15 is 0 Å². The molecule has 92 valence electrons. The third-order valence-corrected chi connectivity index (χ3v) is 2.97. The van der Waals surface area contributed by atoms with Gasteiger partial charge in [-0.05, 0) is 17.7 Å². The van der Waals surface area contributed by atoms with Crippen LogP contribution in [-0.2, 0) is 16.0 Å². The number of hydrogen-bond donors (Lipinski definition) is 1. The highest BCUT2D eigenvalue weighted by molar-refractivity contribution is 5.73. The van der Waals surface area contributed by atoms with E-state index < -0.39 is 0 Å². The van der Waals surface area contributed by atoms with Gasteiger partial charge in [0.15, 0.2) is 0 Å². The van der Waals surface area contributed by atoms with Gasteiger partial charge >= 0.3 is 5.97 Å². The number of carbonyl (C=O) groups is 1. The molecule has 2 rings (SSSR count). The van der Waals surface area contributed by atoms with Crippen molar-refractivity contribution in [3.63, 3.8) is 0 Å². The molecule has 0 atom stereocenters. The summed E-state index contributed by atoms with van der Waals surface area (Å²) in [6.45, 7) is 4.06. The first-order valence-corrected chi connectivity index (χ1v) is 5.91. The molecular formula is C13H18N2O2. The zero-order valence-electron chi connectivity index (χ0n) is 10.1. The molecule has 1 saturated heterocycles. The summed E-state index contributed by atoms with van der Waals surface area (Å²) in [5.74, 6) is -0.192. The van der Waals surface area contributed by atoms with Gasteiger partial charge in [-0.3, -0.25) is 4.79 Å². The number of benzene rings is 1. The molecular weight excluding hydrogens is 216 g/mol. The van der Waals surface area contributed by atoms with E-state index in [0.29, 0.717) is 6.42 Å². The van der Waals surface area contributed by atoms with Crippen molar-refractivity contribution in [1.82, 2.24) is 5.32 Å². The topological polar surface area (TPSA) is 41.6 Å². The molecule has 4 nitrogen and oxygen atoms in total. The molecule has 1 N–H and O–H groups in total. The third kappa shape index (κ3) is 3.20. The minimum Gasteiger partial charge on any atom is -0.469 e. The maximum absolute atomic E-state index is 11.2. The van der Waals surface area contributed by atoms with Gasteiger partial charge in [0.2, 0.25) is 0 Å². The minimum atomic E-state index is -0.192. The molecule has 1 aliphatic heterocycles. The van der Waals surface area contributed by atoms with Crippen molar-refractivity contribution in [1.29, 1.82) is 0 Å². The summed E-state index contributed by atoms with van der Waals surface area (Å²) in [4.78, 5) is 13.6. The Balaban J connectivity index is 2.07. The second-order valence-corrected chi connectivity index (χ2v) is 4.16. The fraction of sp³-hybridized carbons (Fsp3) is 0.462. The summed E-state index contributed by atoms with van der Waals surface area (Å²) in [6.07, 6.45) is 0.344. The first-order chi connectivity index (χ1) is 8.29. The largest absolute Gasteiger partial charge is 0.469 e. The molecule has 1 fully saturated rings. The van der Waals surface area contributed by atoms with Gasteiger partial charge in [0.25, 0.3) is 0 Å². The van der Waals surface area contributed by atoms with Crippen molar-refractivity contribution in [2.75, 3.05) is 38.2 Å². The van der Waals surface area contributed by atoms with Crippen LogP contribution in [0.3, 0.4) is 0 Å². The van der Waals surface area contributed by atoms with Crippen molar-refractivity contribution in [2.24, 2.45) is 0 Å². The molecule has 0 amide bonds. The van der Waals surface area contributed by atoms with Gasteiger partial charge in [-0.15, -0.1) is 0 Å². The van der Waals surface area contributed by atoms with Crippen molar-refractivity contribution in [3.8, 4) is 0 Å². The summed E-state index contributed by atoms with van der Waals surface area (Å²) in [5.41, 5.74) is 2.20. The number of nitrogens with zero attached hydrogens (tertiary/aromatic N) is 1. The van der Waals surface area contributed by atoms with E-state index in [1.807, 2.05) is 12.1 Å². The van der Waals surface area contributed by atoms with Crippen LogP contribution in [0.2, 0.25) is 0 Å². The lowest BCUT2D eigenvalue weighted by Crippen LogP contribution is -2.43. The Morgan fingerprint density at radius 1 is 1.41 bits per heavy atom. The molecule has 1 aliphatic rings. The molecule has 1 aromatic carbocycles. The van der Waals surface area contributed by atoms with Crippen LogP contribution in [-0.4, -0.2) is 39.3 Å². The number of nitrogens with one attached hydrogen (secondary N) is 1. The monoisotopic (exact) mass is 234 g/mol.